The summed E-state index contributed by atoms with van der Waals surface area (Å²) < 4.78 is 16.2. The number of carbonyl (C=O) groups is 2. The van der Waals surface area contributed by atoms with E-state index in [1.807, 2.05) is 77.7 Å². The smallest absolute Gasteiger partial charge is 0.228 e. The van der Waals surface area contributed by atoms with Crippen LogP contribution in [-0.2, 0) is 9.59 Å². The second kappa shape index (κ2) is 11.0. The quantitative estimate of drug-likeness (QED) is 0.471. The van der Waals surface area contributed by atoms with Crippen LogP contribution >= 0.6 is 0 Å². The third kappa shape index (κ3) is 4.86. The molecule has 5 rings (SSSR count). The molecule has 0 radical (unpaired) electrons. The van der Waals surface area contributed by atoms with Gasteiger partial charge in [0.2, 0.25) is 11.8 Å². The molecule has 2 atom stereocenters. The largest absolute Gasteiger partial charge is 0.497 e. The Hall–Kier alpha value is -4.20. The van der Waals surface area contributed by atoms with E-state index in [0.29, 0.717) is 31.9 Å². The van der Waals surface area contributed by atoms with Crippen molar-refractivity contribution < 1.29 is 23.8 Å². The highest BCUT2D eigenvalue weighted by molar-refractivity contribution is 6.01. The average molecular weight is 516 g/mol. The van der Waals surface area contributed by atoms with E-state index in [4.69, 9.17) is 14.2 Å². The molecule has 8 heteroatoms. The van der Waals surface area contributed by atoms with E-state index < -0.39 is 12.0 Å². The van der Waals surface area contributed by atoms with E-state index >= 15 is 0 Å². The van der Waals surface area contributed by atoms with Crippen molar-refractivity contribution in [3.05, 3.63) is 78.4 Å². The van der Waals surface area contributed by atoms with Gasteiger partial charge in [-0.15, -0.1) is 0 Å². The van der Waals surface area contributed by atoms with E-state index in [-0.39, 0.29) is 18.2 Å². The van der Waals surface area contributed by atoms with E-state index in [2.05, 4.69) is 4.90 Å². The molecule has 198 valence electrons. The molecule has 2 saturated heterocycles. The molecule has 2 aliphatic rings. The monoisotopic (exact) mass is 515 g/mol. The maximum absolute atomic E-state index is 14.0. The van der Waals surface area contributed by atoms with Crippen molar-refractivity contribution >= 4 is 23.2 Å². The maximum Gasteiger partial charge on any atom is 0.228 e. The zero-order valence-electron chi connectivity index (χ0n) is 22.0. The van der Waals surface area contributed by atoms with E-state index in [9.17, 15) is 9.59 Å². The van der Waals surface area contributed by atoms with Gasteiger partial charge in [-0.25, -0.2) is 0 Å². The van der Waals surface area contributed by atoms with Crippen LogP contribution in [0.1, 0.15) is 18.0 Å². The van der Waals surface area contributed by atoms with Crippen LogP contribution in [0.5, 0.6) is 17.2 Å². The molecule has 0 aromatic heterocycles. The molecule has 2 heterocycles. The number of ether oxygens (including phenoxy) is 3. The second-order valence-electron chi connectivity index (χ2n) is 9.47. The fraction of sp³-hybridized carbons (Fsp3) is 0.333. The molecule has 0 aliphatic carbocycles. The maximum atomic E-state index is 14.0. The number of amides is 2. The molecule has 2 amide bonds. The van der Waals surface area contributed by atoms with Crippen LogP contribution in [0.3, 0.4) is 0 Å². The minimum absolute atomic E-state index is 0.00913. The van der Waals surface area contributed by atoms with Gasteiger partial charge in [-0.2, -0.15) is 0 Å². The number of rotatable bonds is 7. The lowest BCUT2D eigenvalue weighted by Gasteiger charge is -2.38. The number of piperazine rings is 1. The highest BCUT2D eigenvalue weighted by Gasteiger charge is 2.47. The zero-order valence-corrected chi connectivity index (χ0v) is 22.0. The van der Waals surface area contributed by atoms with Gasteiger partial charge in [0, 0.05) is 38.3 Å². The van der Waals surface area contributed by atoms with Crippen molar-refractivity contribution in [2.24, 2.45) is 5.92 Å². The summed E-state index contributed by atoms with van der Waals surface area (Å²) in [6.07, 6.45) is 0.161. The molecule has 0 bridgehead atoms. The molecular weight excluding hydrogens is 482 g/mol. The SMILES string of the molecule is COc1ccc([C@H]2[C@@H](C(=O)N3CCN(c4ccccc4OC)CC3)CC(=O)N2c2ccc(OC)cc2)cc1. The summed E-state index contributed by atoms with van der Waals surface area (Å²) in [7, 11) is 4.90. The molecular formula is C30H33N3O5. The summed E-state index contributed by atoms with van der Waals surface area (Å²) in [5, 5.41) is 0. The number of hydrogen-bond acceptors (Lipinski definition) is 6. The lowest BCUT2D eigenvalue weighted by atomic mass is 9.91. The molecule has 0 spiro atoms. The third-order valence-corrected chi connectivity index (χ3v) is 7.46. The van der Waals surface area contributed by atoms with Gasteiger partial charge >= 0.3 is 0 Å². The van der Waals surface area contributed by atoms with E-state index in [1.54, 1.807) is 26.2 Å². The lowest BCUT2D eigenvalue weighted by Crippen LogP contribution is -2.51. The lowest BCUT2D eigenvalue weighted by molar-refractivity contribution is -0.136. The number of nitrogens with zero attached hydrogens (tertiary/aromatic N) is 3. The summed E-state index contributed by atoms with van der Waals surface area (Å²) in [6.45, 7) is 2.56. The van der Waals surface area contributed by atoms with Gasteiger partial charge in [0.05, 0.1) is 39.0 Å². The Labute approximate surface area is 223 Å². The number of hydrogen-bond donors (Lipinski definition) is 0. The van der Waals surface area contributed by atoms with Gasteiger partial charge in [0.15, 0.2) is 0 Å². The summed E-state index contributed by atoms with van der Waals surface area (Å²) in [4.78, 5) is 33.3. The topological polar surface area (TPSA) is 71.6 Å². The van der Waals surface area contributed by atoms with Gasteiger partial charge in [-0.05, 0) is 54.1 Å². The number of methoxy groups -OCH3 is 3. The Morgan fingerprint density at radius 1 is 0.763 bits per heavy atom. The van der Waals surface area contributed by atoms with E-state index in [0.717, 1.165) is 28.4 Å². The Bertz CT molecular complexity index is 1270. The first-order valence-corrected chi connectivity index (χ1v) is 12.8. The first kappa shape index (κ1) is 25.4. The standard InChI is InChI=1S/C30H33N3O5/c1-36-23-12-8-21(9-13-23)29-25(20-28(34)33(29)22-10-14-24(37-2)15-11-22)30(35)32-18-16-31(17-19-32)26-6-4-5-7-27(26)38-3/h4-15,25,29H,16-20H2,1-3H3/t25-,29-/m0/s1. The minimum atomic E-state index is -0.490. The van der Waals surface area contributed by atoms with Crippen molar-refractivity contribution in [1.82, 2.24) is 4.90 Å². The van der Waals surface area contributed by atoms with Gasteiger partial charge in [0.25, 0.3) is 0 Å². The molecule has 0 unspecified atom stereocenters. The molecule has 8 nitrogen and oxygen atoms in total. The summed E-state index contributed by atoms with van der Waals surface area (Å²) in [6, 6.07) is 22.6. The average Bonchev–Trinajstić information content (AvgIpc) is 3.33. The zero-order chi connectivity index (χ0) is 26.6. The first-order chi connectivity index (χ1) is 18.5. The first-order valence-electron chi connectivity index (χ1n) is 12.8. The van der Waals surface area contributed by atoms with Crippen molar-refractivity contribution in [3.8, 4) is 17.2 Å². The van der Waals surface area contributed by atoms with Gasteiger partial charge in [-0.1, -0.05) is 24.3 Å². The van der Waals surface area contributed by atoms with Gasteiger partial charge in [-0.3, -0.25) is 9.59 Å². The van der Waals surface area contributed by atoms with Crippen LogP contribution in [0.15, 0.2) is 72.8 Å². The molecule has 0 saturated carbocycles. The molecule has 38 heavy (non-hydrogen) atoms. The Morgan fingerprint density at radius 3 is 1.97 bits per heavy atom. The van der Waals surface area contributed by atoms with Gasteiger partial charge < -0.3 is 28.9 Å². The normalized spacial score (nSPS) is 19.4. The Kier molecular flexibility index (Phi) is 7.40. The van der Waals surface area contributed by atoms with Crippen LogP contribution in [0.25, 0.3) is 0 Å². The number of anilines is 2. The molecule has 3 aromatic rings. The van der Waals surface area contributed by atoms with Crippen molar-refractivity contribution in [1.29, 1.82) is 0 Å². The van der Waals surface area contributed by atoms with Gasteiger partial charge in [0.1, 0.15) is 17.2 Å². The van der Waals surface area contributed by atoms with Crippen molar-refractivity contribution in [2.45, 2.75) is 12.5 Å². The molecule has 3 aromatic carbocycles. The highest BCUT2D eigenvalue weighted by atomic mass is 16.5. The van der Waals surface area contributed by atoms with Crippen LogP contribution < -0.4 is 24.0 Å². The summed E-state index contributed by atoms with van der Waals surface area (Å²) in [5.41, 5.74) is 2.67. The molecule has 2 fully saturated rings. The third-order valence-electron chi connectivity index (χ3n) is 7.46. The molecule has 2 aliphatic heterocycles. The van der Waals surface area contributed by atoms with Crippen molar-refractivity contribution in [3.63, 3.8) is 0 Å². The summed E-state index contributed by atoms with van der Waals surface area (Å²) in [5.74, 6) is 1.71. The van der Waals surface area contributed by atoms with Crippen LogP contribution in [0.2, 0.25) is 0 Å². The Balaban J connectivity index is 1.40. The number of para-hydroxylation sites is 2. The van der Waals surface area contributed by atoms with Crippen LogP contribution in [-0.4, -0.2) is 64.2 Å². The molecule has 0 N–H and O–H groups in total. The summed E-state index contributed by atoms with van der Waals surface area (Å²) >= 11 is 0. The second-order valence-corrected chi connectivity index (χ2v) is 9.47. The van der Waals surface area contributed by atoms with Crippen molar-refractivity contribution in [2.75, 3.05) is 57.3 Å². The number of carbonyl (C=O) groups excluding carboxylic acids is 2. The Morgan fingerprint density at radius 2 is 1.37 bits per heavy atom. The fourth-order valence-corrected chi connectivity index (χ4v) is 5.48. The van der Waals surface area contributed by atoms with E-state index in [1.165, 1.54) is 0 Å². The van der Waals surface area contributed by atoms with Crippen LogP contribution in [0, 0.1) is 5.92 Å². The highest BCUT2D eigenvalue weighted by Crippen LogP contribution is 2.43. The number of benzene rings is 3. The fourth-order valence-electron chi connectivity index (χ4n) is 5.48. The predicted molar refractivity (Wildman–Crippen MR) is 146 cm³/mol. The predicted octanol–water partition coefficient (Wildman–Crippen LogP) is 4.16. The van der Waals surface area contributed by atoms with Crippen LogP contribution in [0.4, 0.5) is 11.4 Å². The minimum Gasteiger partial charge on any atom is -0.497 e.